The first-order valence-electron chi connectivity index (χ1n) is 25.2. The lowest BCUT2D eigenvalue weighted by molar-refractivity contribution is 0.955. The molecule has 0 spiro atoms. The van der Waals surface area contributed by atoms with Crippen LogP contribution in [0.2, 0.25) is 0 Å². The molecule has 0 aliphatic rings. The van der Waals surface area contributed by atoms with Gasteiger partial charge < -0.3 is 4.57 Å². The molecule has 0 aliphatic heterocycles. The standard InChI is InChI=1S/C69H43N5/c1-3-18-44(19-4-1)48-22-17-23-49(42-48)50-38-41-64(73-61-31-14-11-27-54(61)55-28-12-15-32-62(55)73)60(43-50)45-34-36-47(37-35-45)68-70-67(46-20-5-2-6-21-46)71-69(72-68)74-63-33-16-13-29-56(63)59-40-39-58-53-26-8-7-24-51(53)52-25-9-10-30-57(52)65(58)66(59)74/h1-43H. The van der Waals surface area contributed by atoms with Gasteiger partial charge >= 0.3 is 0 Å². The molecule has 0 saturated heterocycles. The van der Waals surface area contributed by atoms with Gasteiger partial charge in [-0.25, -0.2) is 4.98 Å². The lowest BCUT2D eigenvalue weighted by Crippen LogP contribution is -2.06. The summed E-state index contributed by atoms with van der Waals surface area (Å²) in [6.45, 7) is 0. The number of nitrogens with zero attached hydrogens (tertiary/aromatic N) is 5. The summed E-state index contributed by atoms with van der Waals surface area (Å²) in [6.07, 6.45) is 0. The van der Waals surface area contributed by atoms with Crippen LogP contribution in [0, 0.1) is 0 Å². The molecule has 0 unspecified atom stereocenters. The van der Waals surface area contributed by atoms with Crippen LogP contribution in [0.15, 0.2) is 261 Å². The average Bonchev–Trinajstić information content (AvgIpc) is 4.01. The van der Waals surface area contributed by atoms with Gasteiger partial charge in [-0.05, 0) is 91.1 Å². The maximum absolute atomic E-state index is 5.47. The van der Waals surface area contributed by atoms with E-state index in [1.807, 2.05) is 18.2 Å². The molecule has 5 heteroatoms. The van der Waals surface area contributed by atoms with Gasteiger partial charge in [0.25, 0.3) is 0 Å². The summed E-state index contributed by atoms with van der Waals surface area (Å²) in [7, 11) is 0. The molecule has 0 bridgehead atoms. The number of hydrogen-bond acceptors (Lipinski definition) is 3. The molecular formula is C69H43N5. The van der Waals surface area contributed by atoms with Crippen molar-refractivity contribution in [2.75, 3.05) is 0 Å². The summed E-state index contributed by atoms with van der Waals surface area (Å²) in [5.74, 6) is 1.76. The van der Waals surface area contributed by atoms with Crippen molar-refractivity contribution in [3.63, 3.8) is 0 Å². The molecule has 0 saturated carbocycles. The van der Waals surface area contributed by atoms with E-state index in [0.717, 1.165) is 71.9 Å². The summed E-state index contributed by atoms with van der Waals surface area (Å²) in [6, 6.07) is 93.6. The zero-order valence-electron chi connectivity index (χ0n) is 40.1. The Balaban J connectivity index is 0.943. The first-order valence-corrected chi connectivity index (χ1v) is 25.2. The van der Waals surface area contributed by atoms with E-state index in [0.29, 0.717) is 17.6 Å². The second kappa shape index (κ2) is 16.8. The van der Waals surface area contributed by atoms with Gasteiger partial charge in [0.1, 0.15) is 0 Å². The molecule has 0 atom stereocenters. The van der Waals surface area contributed by atoms with Crippen molar-refractivity contribution in [1.82, 2.24) is 24.1 Å². The largest absolute Gasteiger partial charge is 0.309 e. The highest BCUT2D eigenvalue weighted by molar-refractivity contribution is 6.33. The Morgan fingerprint density at radius 2 is 0.649 bits per heavy atom. The molecule has 344 valence electrons. The molecule has 12 aromatic carbocycles. The molecule has 0 amide bonds. The predicted molar refractivity (Wildman–Crippen MR) is 308 cm³/mol. The summed E-state index contributed by atoms with van der Waals surface area (Å²) in [5, 5.41) is 12.0. The molecule has 0 aliphatic carbocycles. The third-order valence-corrected chi connectivity index (χ3v) is 15.0. The van der Waals surface area contributed by atoms with Crippen molar-refractivity contribution >= 4 is 75.9 Å². The van der Waals surface area contributed by atoms with E-state index in [9.17, 15) is 0 Å². The fourth-order valence-electron chi connectivity index (χ4n) is 11.6. The maximum atomic E-state index is 5.47. The summed E-state index contributed by atoms with van der Waals surface area (Å²) in [5.41, 5.74) is 14.2. The molecular weight excluding hydrogens is 899 g/mol. The minimum absolute atomic E-state index is 0.563. The summed E-state index contributed by atoms with van der Waals surface area (Å²) >= 11 is 0. The molecule has 15 aromatic rings. The zero-order valence-corrected chi connectivity index (χ0v) is 40.1. The summed E-state index contributed by atoms with van der Waals surface area (Å²) in [4.78, 5) is 16.1. The molecule has 3 heterocycles. The first-order chi connectivity index (χ1) is 36.7. The van der Waals surface area contributed by atoms with Gasteiger partial charge in [0.15, 0.2) is 11.6 Å². The van der Waals surface area contributed by atoms with Crippen molar-refractivity contribution in [3.8, 4) is 67.8 Å². The highest BCUT2D eigenvalue weighted by atomic mass is 15.2. The van der Waals surface area contributed by atoms with Crippen LogP contribution in [-0.4, -0.2) is 24.1 Å². The monoisotopic (exact) mass is 941 g/mol. The minimum atomic E-state index is 0.563. The maximum Gasteiger partial charge on any atom is 0.238 e. The second-order valence-electron chi connectivity index (χ2n) is 19.1. The van der Waals surface area contributed by atoms with E-state index in [2.05, 4.69) is 252 Å². The van der Waals surface area contributed by atoms with Crippen LogP contribution < -0.4 is 0 Å². The lowest BCUT2D eigenvalue weighted by Gasteiger charge is -2.17. The van der Waals surface area contributed by atoms with Gasteiger partial charge in [-0.1, -0.05) is 224 Å². The van der Waals surface area contributed by atoms with Crippen LogP contribution in [-0.2, 0) is 0 Å². The van der Waals surface area contributed by atoms with Crippen LogP contribution in [0.5, 0.6) is 0 Å². The minimum Gasteiger partial charge on any atom is -0.309 e. The number of fused-ring (bicyclic) bond motifs is 13. The Labute approximate surface area is 426 Å². The van der Waals surface area contributed by atoms with Crippen LogP contribution in [0.4, 0.5) is 0 Å². The molecule has 15 rings (SSSR count). The number of rotatable bonds is 7. The van der Waals surface area contributed by atoms with Crippen LogP contribution in [0.3, 0.4) is 0 Å². The van der Waals surface area contributed by atoms with E-state index >= 15 is 0 Å². The topological polar surface area (TPSA) is 48.5 Å². The Morgan fingerprint density at radius 3 is 1.27 bits per heavy atom. The van der Waals surface area contributed by atoms with Gasteiger partial charge in [-0.2, -0.15) is 9.97 Å². The molecule has 0 radical (unpaired) electrons. The second-order valence-corrected chi connectivity index (χ2v) is 19.1. The van der Waals surface area contributed by atoms with Gasteiger partial charge in [0, 0.05) is 43.6 Å². The Morgan fingerprint density at radius 1 is 0.243 bits per heavy atom. The van der Waals surface area contributed by atoms with Crippen LogP contribution in [0.25, 0.3) is 144 Å². The summed E-state index contributed by atoms with van der Waals surface area (Å²) < 4.78 is 4.69. The normalized spacial score (nSPS) is 11.8. The smallest absolute Gasteiger partial charge is 0.238 e. The Bertz CT molecular complexity index is 4620. The van der Waals surface area contributed by atoms with Crippen LogP contribution >= 0.6 is 0 Å². The van der Waals surface area contributed by atoms with Crippen molar-refractivity contribution in [2.45, 2.75) is 0 Å². The fourth-order valence-corrected chi connectivity index (χ4v) is 11.6. The molecule has 74 heavy (non-hydrogen) atoms. The lowest BCUT2D eigenvalue weighted by atomic mass is 9.93. The third kappa shape index (κ3) is 6.60. The quantitative estimate of drug-likeness (QED) is 0.150. The third-order valence-electron chi connectivity index (χ3n) is 15.0. The Hall–Kier alpha value is -9.97. The Kier molecular flexibility index (Phi) is 9.50. The predicted octanol–water partition coefficient (Wildman–Crippen LogP) is 17.9. The molecule has 0 N–H and O–H groups in total. The van der Waals surface area contributed by atoms with E-state index in [4.69, 9.17) is 15.0 Å². The van der Waals surface area contributed by atoms with Crippen molar-refractivity contribution < 1.29 is 0 Å². The highest BCUT2D eigenvalue weighted by Crippen LogP contribution is 2.44. The van der Waals surface area contributed by atoms with Crippen molar-refractivity contribution in [2.24, 2.45) is 0 Å². The SMILES string of the molecule is c1ccc(-c2cccc(-c3ccc(-n4c5ccccc5c5ccccc54)c(-c4ccc(-c5nc(-c6ccccc6)nc(-n6c7ccccc7c7ccc8c9ccccc9c9ccccc9c8c76)n5)cc4)c3)c2)cc1. The van der Waals surface area contributed by atoms with E-state index in [1.54, 1.807) is 0 Å². The fraction of sp³-hybridized carbons (Fsp3) is 0. The van der Waals surface area contributed by atoms with Crippen molar-refractivity contribution in [3.05, 3.63) is 261 Å². The van der Waals surface area contributed by atoms with Gasteiger partial charge in [0.05, 0.1) is 27.8 Å². The van der Waals surface area contributed by atoms with E-state index in [1.165, 1.54) is 54.2 Å². The van der Waals surface area contributed by atoms with E-state index in [-0.39, 0.29) is 0 Å². The number of para-hydroxylation sites is 3. The molecule has 3 aromatic heterocycles. The number of hydrogen-bond donors (Lipinski definition) is 0. The molecule has 5 nitrogen and oxygen atoms in total. The number of benzene rings is 12. The van der Waals surface area contributed by atoms with Crippen LogP contribution in [0.1, 0.15) is 0 Å². The number of aromatic nitrogens is 5. The zero-order chi connectivity index (χ0) is 48.7. The highest BCUT2D eigenvalue weighted by Gasteiger charge is 2.23. The van der Waals surface area contributed by atoms with Gasteiger partial charge in [-0.15, -0.1) is 0 Å². The average molecular weight is 942 g/mol. The van der Waals surface area contributed by atoms with Gasteiger partial charge in [0.2, 0.25) is 5.95 Å². The molecule has 0 fully saturated rings. The van der Waals surface area contributed by atoms with Gasteiger partial charge in [-0.3, -0.25) is 4.57 Å². The van der Waals surface area contributed by atoms with E-state index < -0.39 is 0 Å². The first kappa shape index (κ1) is 41.8. The van der Waals surface area contributed by atoms with Crippen molar-refractivity contribution in [1.29, 1.82) is 0 Å².